The second-order valence-corrected chi connectivity index (χ2v) is 7.70. The fourth-order valence-corrected chi connectivity index (χ4v) is 3.99. The molecule has 25 heavy (non-hydrogen) atoms. The van der Waals surface area contributed by atoms with Crippen molar-refractivity contribution >= 4 is 45.6 Å². The van der Waals surface area contributed by atoms with Gasteiger partial charge in [-0.1, -0.05) is 30.3 Å². The largest absolute Gasteiger partial charge is 0.348 e. The summed E-state index contributed by atoms with van der Waals surface area (Å²) >= 11 is 8.08. The molecule has 0 amide bonds. The van der Waals surface area contributed by atoms with Crippen molar-refractivity contribution in [3.63, 3.8) is 0 Å². The molecule has 0 saturated carbocycles. The highest BCUT2D eigenvalue weighted by atomic mass is 127. The third-order valence-electron chi connectivity index (χ3n) is 4.51. The molecule has 3 aromatic rings. The van der Waals surface area contributed by atoms with Crippen LogP contribution in [-0.2, 0) is 6.54 Å². The second-order valence-electron chi connectivity index (χ2n) is 6.07. The average Bonchev–Trinajstić information content (AvgIpc) is 3.12. The predicted molar refractivity (Wildman–Crippen MR) is 115 cm³/mol. The number of nitrogens with zero attached hydrogens (tertiary/aromatic N) is 2. The number of anilines is 1. The van der Waals surface area contributed by atoms with Crippen molar-refractivity contribution in [1.29, 1.82) is 0 Å². The van der Waals surface area contributed by atoms with Gasteiger partial charge in [-0.3, -0.25) is 0 Å². The van der Waals surface area contributed by atoms with Gasteiger partial charge in [-0.25, -0.2) is 0 Å². The van der Waals surface area contributed by atoms with Crippen molar-refractivity contribution in [3.05, 3.63) is 87.8 Å². The lowest BCUT2D eigenvalue weighted by Gasteiger charge is -2.39. The maximum absolute atomic E-state index is 5.77. The van der Waals surface area contributed by atoms with E-state index in [9.17, 15) is 0 Å². The summed E-state index contributed by atoms with van der Waals surface area (Å²) < 4.78 is 3.54. The normalized spacial score (nSPS) is 16.4. The number of rotatable bonds is 2. The summed E-state index contributed by atoms with van der Waals surface area (Å²) in [6, 6.07) is 23.3. The zero-order chi connectivity index (χ0) is 17.2. The number of aromatic nitrogens is 1. The Labute approximate surface area is 166 Å². The number of benzene rings is 2. The molecule has 0 spiro atoms. The van der Waals surface area contributed by atoms with E-state index in [1.165, 1.54) is 14.8 Å². The van der Waals surface area contributed by atoms with E-state index in [-0.39, 0.29) is 6.04 Å². The van der Waals surface area contributed by atoms with E-state index in [4.69, 9.17) is 12.2 Å². The molecule has 1 atom stereocenters. The maximum atomic E-state index is 5.77. The molecule has 1 aliphatic rings. The number of fused-ring (bicyclic) bond motifs is 1. The molecule has 126 valence electrons. The quantitative estimate of drug-likeness (QED) is 0.435. The Morgan fingerprint density at radius 1 is 0.960 bits per heavy atom. The Bertz CT molecular complexity index is 873. The molecular weight excluding hydrogens is 441 g/mol. The molecule has 0 unspecified atom stereocenters. The van der Waals surface area contributed by atoms with Crippen LogP contribution in [0.4, 0.5) is 5.69 Å². The zero-order valence-corrected chi connectivity index (χ0v) is 16.6. The van der Waals surface area contributed by atoms with Crippen molar-refractivity contribution in [1.82, 2.24) is 9.47 Å². The molecule has 4 rings (SSSR count). The van der Waals surface area contributed by atoms with Crippen LogP contribution in [0.3, 0.4) is 0 Å². The van der Waals surface area contributed by atoms with Crippen molar-refractivity contribution in [2.24, 2.45) is 0 Å². The topological polar surface area (TPSA) is 20.2 Å². The SMILES string of the molecule is S=C(Nc1ccc(I)cc1)N1CCn2cccc2[C@H]1c1ccccc1. The van der Waals surface area contributed by atoms with Gasteiger partial charge in [-0.05, 0) is 76.8 Å². The first-order chi connectivity index (χ1) is 12.2. The molecule has 0 bridgehead atoms. The molecule has 0 aliphatic carbocycles. The summed E-state index contributed by atoms with van der Waals surface area (Å²) in [5, 5.41) is 4.17. The van der Waals surface area contributed by atoms with Crippen molar-refractivity contribution in [2.45, 2.75) is 12.6 Å². The molecule has 5 heteroatoms. The molecular formula is C20H18IN3S. The van der Waals surface area contributed by atoms with E-state index in [0.717, 1.165) is 23.9 Å². The lowest BCUT2D eigenvalue weighted by atomic mass is 10.0. The van der Waals surface area contributed by atoms with E-state index in [2.05, 4.69) is 110 Å². The van der Waals surface area contributed by atoms with Gasteiger partial charge in [-0.2, -0.15) is 0 Å². The Kier molecular flexibility index (Phi) is 4.76. The minimum Gasteiger partial charge on any atom is -0.348 e. The highest BCUT2D eigenvalue weighted by Crippen LogP contribution is 2.32. The van der Waals surface area contributed by atoms with E-state index < -0.39 is 0 Å². The second kappa shape index (κ2) is 7.17. The van der Waals surface area contributed by atoms with Crippen molar-refractivity contribution < 1.29 is 0 Å². The highest BCUT2D eigenvalue weighted by Gasteiger charge is 2.30. The van der Waals surface area contributed by atoms with Crippen LogP contribution in [-0.4, -0.2) is 21.1 Å². The maximum Gasteiger partial charge on any atom is 0.174 e. The number of hydrogen-bond donors (Lipinski definition) is 1. The average molecular weight is 459 g/mol. The van der Waals surface area contributed by atoms with E-state index in [1.807, 2.05) is 0 Å². The van der Waals surface area contributed by atoms with Crippen LogP contribution in [0.2, 0.25) is 0 Å². The van der Waals surface area contributed by atoms with Crippen LogP contribution >= 0.6 is 34.8 Å². The first-order valence-electron chi connectivity index (χ1n) is 8.25. The van der Waals surface area contributed by atoms with Gasteiger partial charge in [0.2, 0.25) is 0 Å². The Morgan fingerprint density at radius 2 is 1.72 bits per heavy atom. The number of thiocarbonyl (C=S) groups is 1. The number of hydrogen-bond acceptors (Lipinski definition) is 1. The first-order valence-corrected chi connectivity index (χ1v) is 9.74. The molecule has 0 radical (unpaired) electrons. The van der Waals surface area contributed by atoms with E-state index in [1.54, 1.807) is 0 Å². The summed E-state index contributed by atoms with van der Waals surface area (Å²) in [5.74, 6) is 0. The van der Waals surface area contributed by atoms with Crippen LogP contribution in [0.5, 0.6) is 0 Å². The molecule has 2 aromatic carbocycles. The smallest absolute Gasteiger partial charge is 0.174 e. The van der Waals surface area contributed by atoms with Gasteiger partial charge in [0.1, 0.15) is 0 Å². The molecule has 2 heterocycles. The lowest BCUT2D eigenvalue weighted by molar-refractivity contribution is 0.293. The Morgan fingerprint density at radius 3 is 2.48 bits per heavy atom. The summed E-state index contributed by atoms with van der Waals surface area (Å²) in [6.07, 6.45) is 2.15. The first kappa shape index (κ1) is 16.6. The van der Waals surface area contributed by atoms with Gasteiger partial charge >= 0.3 is 0 Å². The third kappa shape index (κ3) is 3.43. The van der Waals surface area contributed by atoms with Gasteiger partial charge < -0.3 is 14.8 Å². The summed E-state index contributed by atoms with van der Waals surface area (Å²) in [5.41, 5.74) is 3.57. The summed E-state index contributed by atoms with van der Waals surface area (Å²) in [7, 11) is 0. The summed E-state index contributed by atoms with van der Waals surface area (Å²) in [6.45, 7) is 1.83. The van der Waals surface area contributed by atoms with Crippen molar-refractivity contribution in [2.75, 3.05) is 11.9 Å². The third-order valence-corrected chi connectivity index (χ3v) is 5.57. The van der Waals surface area contributed by atoms with Crippen LogP contribution in [0.25, 0.3) is 0 Å². The highest BCUT2D eigenvalue weighted by molar-refractivity contribution is 14.1. The zero-order valence-electron chi connectivity index (χ0n) is 13.6. The molecule has 1 aromatic heterocycles. The van der Waals surface area contributed by atoms with Gasteiger partial charge in [-0.15, -0.1) is 0 Å². The van der Waals surface area contributed by atoms with E-state index >= 15 is 0 Å². The number of nitrogens with one attached hydrogen (secondary N) is 1. The predicted octanol–water partition coefficient (Wildman–Crippen LogP) is 4.89. The van der Waals surface area contributed by atoms with E-state index in [0.29, 0.717) is 0 Å². The summed E-state index contributed by atoms with van der Waals surface area (Å²) in [4.78, 5) is 2.29. The number of halogens is 1. The molecule has 1 N–H and O–H groups in total. The van der Waals surface area contributed by atoms with Crippen LogP contribution < -0.4 is 5.32 Å². The van der Waals surface area contributed by atoms with Crippen molar-refractivity contribution in [3.8, 4) is 0 Å². The molecule has 0 fully saturated rings. The Hall–Kier alpha value is -1.86. The van der Waals surface area contributed by atoms with Crippen LogP contribution in [0.1, 0.15) is 17.3 Å². The monoisotopic (exact) mass is 459 g/mol. The minimum absolute atomic E-state index is 0.133. The molecule has 1 aliphatic heterocycles. The Balaban J connectivity index is 1.65. The minimum atomic E-state index is 0.133. The van der Waals surface area contributed by atoms with Gasteiger partial charge in [0, 0.05) is 34.2 Å². The van der Waals surface area contributed by atoms with Gasteiger partial charge in [0.05, 0.1) is 6.04 Å². The van der Waals surface area contributed by atoms with Gasteiger partial charge in [0.25, 0.3) is 0 Å². The fraction of sp³-hybridized carbons (Fsp3) is 0.150. The fourth-order valence-electron chi connectivity index (χ4n) is 3.32. The standard InChI is InChI=1S/C20H18IN3S/c21-16-8-10-17(11-9-16)22-20(25)24-14-13-23-12-4-7-18(23)19(24)15-5-2-1-3-6-15/h1-12,19H,13-14H2,(H,22,25)/t19-/m1/s1. The van der Waals surface area contributed by atoms with Gasteiger partial charge in [0.15, 0.2) is 5.11 Å². The molecule has 3 nitrogen and oxygen atoms in total. The van der Waals surface area contributed by atoms with Crippen LogP contribution in [0, 0.1) is 3.57 Å². The lowest BCUT2D eigenvalue weighted by Crippen LogP contribution is -2.44. The molecule has 0 saturated heterocycles. The van der Waals surface area contributed by atoms with Crippen LogP contribution in [0.15, 0.2) is 72.9 Å².